The lowest BCUT2D eigenvalue weighted by molar-refractivity contribution is 0.152. The molecule has 0 aromatic rings. The molecule has 0 aromatic heterocycles. The Morgan fingerprint density at radius 3 is 2.27 bits per heavy atom. The first kappa shape index (κ1) is 9.01. The van der Waals surface area contributed by atoms with Crippen LogP contribution in [0.3, 0.4) is 0 Å². The molecule has 1 aliphatic heterocycles. The second-order valence-corrected chi connectivity index (χ2v) is 3.81. The molecule has 0 atom stereocenters. The van der Waals surface area contributed by atoms with Gasteiger partial charge < -0.3 is 10.6 Å². The molecule has 0 spiro atoms. The van der Waals surface area contributed by atoms with Crippen molar-refractivity contribution in [3.63, 3.8) is 0 Å². The number of nitrogens with zero attached hydrogens (tertiary/aromatic N) is 1. The van der Waals surface area contributed by atoms with Gasteiger partial charge in [-0.25, -0.2) is 0 Å². The molecule has 1 aliphatic rings. The van der Waals surface area contributed by atoms with Gasteiger partial charge in [-0.05, 0) is 52.2 Å². The molecule has 66 valence electrons. The minimum Gasteiger partial charge on any atom is -0.330 e. The Kier molecular flexibility index (Phi) is 3.34. The van der Waals surface area contributed by atoms with Crippen molar-refractivity contribution < 1.29 is 0 Å². The highest BCUT2D eigenvalue weighted by molar-refractivity contribution is 4.74. The van der Waals surface area contributed by atoms with Crippen molar-refractivity contribution in [2.45, 2.75) is 32.7 Å². The smallest absolute Gasteiger partial charge is 0.00385 e. The van der Waals surface area contributed by atoms with Crippen molar-refractivity contribution in [2.75, 3.05) is 19.6 Å². The quantitative estimate of drug-likeness (QED) is 0.648. The molecule has 1 rings (SSSR count). The summed E-state index contributed by atoms with van der Waals surface area (Å²) in [7, 11) is 0. The molecule has 2 N–H and O–H groups in total. The van der Waals surface area contributed by atoms with Crippen molar-refractivity contribution in [2.24, 2.45) is 11.7 Å². The lowest BCUT2D eigenvalue weighted by atomic mass is 9.96. The summed E-state index contributed by atoms with van der Waals surface area (Å²) in [6, 6.07) is 0.716. The highest BCUT2D eigenvalue weighted by Gasteiger charge is 2.18. The molecule has 0 amide bonds. The number of rotatable bonds is 2. The Bertz CT molecular complexity index is 104. The molecule has 0 aromatic carbocycles. The Labute approximate surface area is 69.8 Å². The normalized spacial score (nSPS) is 22.9. The molecule has 1 saturated heterocycles. The molecular formula is C9H20N2. The summed E-state index contributed by atoms with van der Waals surface area (Å²) in [4.78, 5) is 2.53. The van der Waals surface area contributed by atoms with Gasteiger partial charge in [-0.15, -0.1) is 0 Å². The second-order valence-electron chi connectivity index (χ2n) is 3.81. The Balaban J connectivity index is 2.24. The van der Waals surface area contributed by atoms with Crippen LogP contribution in [0.5, 0.6) is 0 Å². The number of piperidine rings is 1. The number of hydrogen-bond donors (Lipinski definition) is 1. The fourth-order valence-corrected chi connectivity index (χ4v) is 1.71. The van der Waals surface area contributed by atoms with Gasteiger partial charge in [0.15, 0.2) is 0 Å². The molecule has 0 unspecified atom stereocenters. The average molecular weight is 156 g/mol. The van der Waals surface area contributed by atoms with Gasteiger partial charge in [0.1, 0.15) is 0 Å². The third kappa shape index (κ3) is 2.46. The lowest BCUT2D eigenvalue weighted by Crippen LogP contribution is -2.40. The van der Waals surface area contributed by atoms with Gasteiger partial charge in [0.2, 0.25) is 0 Å². The van der Waals surface area contributed by atoms with E-state index in [1.165, 1.54) is 25.9 Å². The van der Waals surface area contributed by atoms with Crippen LogP contribution < -0.4 is 5.73 Å². The van der Waals surface area contributed by atoms with Gasteiger partial charge >= 0.3 is 0 Å². The zero-order valence-electron chi connectivity index (χ0n) is 7.71. The van der Waals surface area contributed by atoms with Crippen molar-refractivity contribution in [1.82, 2.24) is 4.90 Å². The number of hydrogen-bond acceptors (Lipinski definition) is 2. The van der Waals surface area contributed by atoms with Gasteiger partial charge in [-0.1, -0.05) is 0 Å². The Morgan fingerprint density at radius 2 is 1.91 bits per heavy atom. The molecule has 0 saturated carbocycles. The van der Waals surface area contributed by atoms with E-state index in [9.17, 15) is 0 Å². The number of nitrogens with two attached hydrogens (primary N) is 1. The maximum atomic E-state index is 5.61. The molecule has 1 heterocycles. The van der Waals surface area contributed by atoms with Gasteiger partial charge in [-0.2, -0.15) is 0 Å². The first-order valence-electron chi connectivity index (χ1n) is 4.68. The zero-order chi connectivity index (χ0) is 8.27. The maximum Gasteiger partial charge on any atom is 0.00385 e. The summed E-state index contributed by atoms with van der Waals surface area (Å²) >= 11 is 0. The van der Waals surface area contributed by atoms with Crippen LogP contribution in [0.15, 0.2) is 0 Å². The van der Waals surface area contributed by atoms with Gasteiger partial charge in [0.25, 0.3) is 0 Å². The van der Waals surface area contributed by atoms with E-state index in [2.05, 4.69) is 18.7 Å². The maximum absolute atomic E-state index is 5.61. The highest BCUT2D eigenvalue weighted by atomic mass is 15.1. The topological polar surface area (TPSA) is 29.3 Å². The van der Waals surface area contributed by atoms with Crippen LogP contribution in [-0.4, -0.2) is 30.6 Å². The predicted molar refractivity (Wildman–Crippen MR) is 48.5 cm³/mol. The van der Waals surface area contributed by atoms with E-state index in [-0.39, 0.29) is 0 Å². The lowest BCUT2D eigenvalue weighted by Gasteiger charge is -2.34. The molecule has 2 heteroatoms. The van der Waals surface area contributed by atoms with E-state index in [0.717, 1.165) is 12.5 Å². The molecule has 0 bridgehead atoms. The summed E-state index contributed by atoms with van der Waals surface area (Å²) < 4.78 is 0. The fourth-order valence-electron chi connectivity index (χ4n) is 1.71. The third-order valence-electron chi connectivity index (χ3n) is 2.71. The van der Waals surface area contributed by atoms with E-state index < -0.39 is 0 Å². The zero-order valence-corrected chi connectivity index (χ0v) is 7.71. The molecule has 2 nitrogen and oxygen atoms in total. The minimum atomic E-state index is 0.716. The monoisotopic (exact) mass is 156 g/mol. The van der Waals surface area contributed by atoms with Crippen molar-refractivity contribution >= 4 is 0 Å². The SMILES string of the molecule is CC(C)N1CCC(CN)CC1. The first-order chi connectivity index (χ1) is 5.24. The molecule has 0 aliphatic carbocycles. The summed E-state index contributed by atoms with van der Waals surface area (Å²) in [5, 5.41) is 0. The second kappa shape index (κ2) is 4.07. The van der Waals surface area contributed by atoms with Gasteiger partial charge in [-0.3, -0.25) is 0 Å². The molecular weight excluding hydrogens is 136 g/mol. The molecule has 0 radical (unpaired) electrons. The van der Waals surface area contributed by atoms with Crippen LogP contribution in [0.4, 0.5) is 0 Å². The number of likely N-dealkylation sites (tertiary alicyclic amines) is 1. The van der Waals surface area contributed by atoms with Crippen LogP contribution in [-0.2, 0) is 0 Å². The van der Waals surface area contributed by atoms with E-state index in [1.807, 2.05) is 0 Å². The summed E-state index contributed by atoms with van der Waals surface area (Å²) in [6.45, 7) is 7.91. The molecule has 1 fully saturated rings. The summed E-state index contributed by atoms with van der Waals surface area (Å²) in [5.74, 6) is 0.796. The van der Waals surface area contributed by atoms with Crippen molar-refractivity contribution in [3.05, 3.63) is 0 Å². The fraction of sp³-hybridized carbons (Fsp3) is 1.00. The summed E-state index contributed by atoms with van der Waals surface area (Å²) in [5.41, 5.74) is 5.61. The van der Waals surface area contributed by atoms with Crippen molar-refractivity contribution in [1.29, 1.82) is 0 Å². The van der Waals surface area contributed by atoms with Gasteiger partial charge in [0, 0.05) is 6.04 Å². The van der Waals surface area contributed by atoms with E-state index in [0.29, 0.717) is 6.04 Å². The van der Waals surface area contributed by atoms with E-state index in [1.54, 1.807) is 0 Å². The van der Waals surface area contributed by atoms with Crippen LogP contribution >= 0.6 is 0 Å². The van der Waals surface area contributed by atoms with Crippen LogP contribution in [0, 0.1) is 5.92 Å². The predicted octanol–water partition coefficient (Wildman–Crippen LogP) is 1.07. The van der Waals surface area contributed by atoms with Crippen LogP contribution in [0.25, 0.3) is 0 Å². The van der Waals surface area contributed by atoms with E-state index in [4.69, 9.17) is 5.73 Å². The van der Waals surface area contributed by atoms with Crippen LogP contribution in [0.2, 0.25) is 0 Å². The van der Waals surface area contributed by atoms with Crippen molar-refractivity contribution in [3.8, 4) is 0 Å². The molecule has 11 heavy (non-hydrogen) atoms. The minimum absolute atomic E-state index is 0.716. The largest absolute Gasteiger partial charge is 0.330 e. The first-order valence-corrected chi connectivity index (χ1v) is 4.68. The average Bonchev–Trinajstić information content (AvgIpc) is 2.05. The highest BCUT2D eigenvalue weighted by Crippen LogP contribution is 2.17. The van der Waals surface area contributed by atoms with Crippen LogP contribution in [0.1, 0.15) is 26.7 Å². The summed E-state index contributed by atoms with van der Waals surface area (Å²) in [6.07, 6.45) is 2.60. The third-order valence-corrected chi connectivity index (χ3v) is 2.71. The van der Waals surface area contributed by atoms with Gasteiger partial charge in [0.05, 0.1) is 0 Å². The Morgan fingerprint density at radius 1 is 1.36 bits per heavy atom. The van der Waals surface area contributed by atoms with E-state index >= 15 is 0 Å². The Hall–Kier alpha value is -0.0800. The standard InChI is InChI=1S/C9H20N2/c1-8(2)11-5-3-9(7-10)4-6-11/h8-9H,3-7,10H2,1-2H3.